The maximum Gasteiger partial charge on any atom is 0.226 e. The van der Waals surface area contributed by atoms with Crippen molar-refractivity contribution in [2.45, 2.75) is 25.2 Å². The molecule has 0 radical (unpaired) electrons. The number of aryl methyl sites for hydroxylation is 1. The number of H-pyrrole nitrogens is 1. The average molecular weight is 230 g/mol. The van der Waals surface area contributed by atoms with Gasteiger partial charge in [0, 0.05) is 16.6 Å². The van der Waals surface area contributed by atoms with E-state index in [0.717, 1.165) is 41.4 Å². The lowest BCUT2D eigenvalue weighted by molar-refractivity contribution is -0.119. The van der Waals surface area contributed by atoms with Crippen molar-refractivity contribution >= 4 is 16.8 Å². The number of nitrogens with two attached hydrogens (primary N) is 1. The minimum atomic E-state index is -0.276. The van der Waals surface area contributed by atoms with Gasteiger partial charge in [-0.3, -0.25) is 4.79 Å². The van der Waals surface area contributed by atoms with Gasteiger partial charge in [-0.1, -0.05) is 0 Å². The zero-order valence-electron chi connectivity index (χ0n) is 9.36. The number of phenols is 1. The van der Waals surface area contributed by atoms with Gasteiger partial charge in [0.1, 0.15) is 5.75 Å². The molecule has 3 rings (SSSR count). The summed E-state index contributed by atoms with van der Waals surface area (Å²) in [7, 11) is 0. The number of aromatic nitrogens is 1. The number of carbonyl (C=O) groups is 1. The first-order chi connectivity index (χ1) is 8.16. The Hall–Kier alpha value is -1.97. The fourth-order valence-corrected chi connectivity index (χ4v) is 2.74. The van der Waals surface area contributed by atoms with Crippen molar-refractivity contribution in [3.8, 4) is 5.75 Å². The standard InChI is InChI=1S/C13H14N2O2/c14-13(17)9-3-1-2-8-10-6-7(16)4-5-11(10)15-12(8)9/h4-6,9,15-16H,1-3H2,(H2,14,17)/t9-/m0/s1. The van der Waals surface area contributed by atoms with Gasteiger partial charge in [0.2, 0.25) is 5.91 Å². The summed E-state index contributed by atoms with van der Waals surface area (Å²) in [6, 6.07) is 5.22. The van der Waals surface area contributed by atoms with Crippen LogP contribution in [0.2, 0.25) is 0 Å². The molecule has 4 N–H and O–H groups in total. The van der Waals surface area contributed by atoms with Crippen LogP contribution < -0.4 is 5.73 Å². The molecule has 0 aliphatic heterocycles. The van der Waals surface area contributed by atoms with E-state index in [-0.39, 0.29) is 17.6 Å². The van der Waals surface area contributed by atoms with Gasteiger partial charge in [-0.05, 0) is 43.0 Å². The van der Waals surface area contributed by atoms with Gasteiger partial charge >= 0.3 is 0 Å². The van der Waals surface area contributed by atoms with Crippen LogP contribution in [0.3, 0.4) is 0 Å². The molecule has 1 atom stereocenters. The van der Waals surface area contributed by atoms with E-state index in [0.29, 0.717) is 0 Å². The lowest BCUT2D eigenvalue weighted by Crippen LogP contribution is -2.24. The molecule has 0 spiro atoms. The zero-order chi connectivity index (χ0) is 12.0. The van der Waals surface area contributed by atoms with Crippen molar-refractivity contribution < 1.29 is 9.90 Å². The minimum Gasteiger partial charge on any atom is -0.508 e. The van der Waals surface area contributed by atoms with Crippen LogP contribution >= 0.6 is 0 Å². The van der Waals surface area contributed by atoms with Gasteiger partial charge in [0.25, 0.3) is 0 Å². The maximum atomic E-state index is 11.4. The third-order valence-electron chi connectivity index (χ3n) is 3.53. The molecular weight excluding hydrogens is 216 g/mol. The molecule has 1 aliphatic carbocycles. The molecule has 0 unspecified atom stereocenters. The van der Waals surface area contributed by atoms with Gasteiger partial charge in [-0.25, -0.2) is 0 Å². The Kier molecular flexibility index (Phi) is 2.11. The lowest BCUT2D eigenvalue weighted by atomic mass is 9.86. The van der Waals surface area contributed by atoms with Gasteiger partial charge in [0.05, 0.1) is 5.92 Å². The third-order valence-corrected chi connectivity index (χ3v) is 3.53. The predicted octanol–water partition coefficient (Wildman–Crippen LogP) is 1.78. The Morgan fingerprint density at radius 2 is 2.29 bits per heavy atom. The molecule has 4 nitrogen and oxygen atoms in total. The Labute approximate surface area is 98.4 Å². The van der Waals surface area contributed by atoms with Gasteiger partial charge in [0.15, 0.2) is 0 Å². The number of rotatable bonds is 1. The molecule has 1 heterocycles. The van der Waals surface area contributed by atoms with E-state index < -0.39 is 0 Å². The van der Waals surface area contributed by atoms with Crippen LogP contribution in [0.25, 0.3) is 10.9 Å². The number of carbonyl (C=O) groups excluding carboxylic acids is 1. The summed E-state index contributed by atoms with van der Waals surface area (Å²) in [6.07, 6.45) is 2.70. The molecule has 4 heteroatoms. The smallest absolute Gasteiger partial charge is 0.226 e. The monoisotopic (exact) mass is 230 g/mol. The second kappa shape index (κ2) is 3.52. The van der Waals surface area contributed by atoms with E-state index in [9.17, 15) is 9.90 Å². The van der Waals surface area contributed by atoms with E-state index in [1.165, 1.54) is 0 Å². The number of hydrogen-bond acceptors (Lipinski definition) is 2. The molecule has 17 heavy (non-hydrogen) atoms. The van der Waals surface area contributed by atoms with Crippen molar-refractivity contribution in [1.82, 2.24) is 4.98 Å². The van der Waals surface area contributed by atoms with E-state index in [1.807, 2.05) is 6.07 Å². The van der Waals surface area contributed by atoms with Crippen molar-refractivity contribution in [2.75, 3.05) is 0 Å². The Morgan fingerprint density at radius 1 is 1.47 bits per heavy atom. The summed E-state index contributed by atoms with van der Waals surface area (Å²) in [4.78, 5) is 14.7. The fraction of sp³-hybridized carbons (Fsp3) is 0.308. The van der Waals surface area contributed by atoms with Crippen LogP contribution in [-0.2, 0) is 11.2 Å². The zero-order valence-corrected chi connectivity index (χ0v) is 9.36. The summed E-state index contributed by atoms with van der Waals surface area (Å²) in [5.41, 5.74) is 8.45. The molecule has 88 valence electrons. The highest BCUT2D eigenvalue weighted by atomic mass is 16.3. The van der Waals surface area contributed by atoms with Gasteiger partial charge in [-0.2, -0.15) is 0 Å². The number of nitrogens with one attached hydrogen (secondary N) is 1. The molecule has 1 aliphatic rings. The molecule has 1 aromatic carbocycles. The normalized spacial score (nSPS) is 19.2. The number of benzene rings is 1. The molecule has 1 aromatic heterocycles. The van der Waals surface area contributed by atoms with Crippen LogP contribution in [0, 0.1) is 0 Å². The summed E-state index contributed by atoms with van der Waals surface area (Å²) in [5, 5.41) is 10.5. The lowest BCUT2D eigenvalue weighted by Gasteiger charge is -2.19. The number of amides is 1. The third kappa shape index (κ3) is 1.48. The van der Waals surface area contributed by atoms with Crippen LogP contribution in [0.4, 0.5) is 0 Å². The predicted molar refractivity (Wildman–Crippen MR) is 64.8 cm³/mol. The number of aromatic amines is 1. The first kappa shape index (κ1) is 10.2. The molecule has 0 saturated heterocycles. The second-order valence-corrected chi connectivity index (χ2v) is 4.59. The second-order valence-electron chi connectivity index (χ2n) is 4.59. The van der Waals surface area contributed by atoms with Gasteiger partial charge < -0.3 is 15.8 Å². The number of hydrogen-bond donors (Lipinski definition) is 3. The summed E-state index contributed by atoms with van der Waals surface area (Å²) < 4.78 is 0. The first-order valence-electron chi connectivity index (χ1n) is 5.79. The highest BCUT2D eigenvalue weighted by Crippen LogP contribution is 2.36. The van der Waals surface area contributed by atoms with Crippen LogP contribution in [0.15, 0.2) is 18.2 Å². The molecular formula is C13H14N2O2. The summed E-state index contributed by atoms with van der Waals surface area (Å²) >= 11 is 0. The summed E-state index contributed by atoms with van der Waals surface area (Å²) in [6.45, 7) is 0. The summed E-state index contributed by atoms with van der Waals surface area (Å²) in [5.74, 6) is -0.240. The van der Waals surface area contributed by atoms with Crippen LogP contribution in [0.5, 0.6) is 5.75 Å². The molecule has 0 saturated carbocycles. The molecule has 0 fully saturated rings. The Balaban J connectivity index is 2.25. The van der Waals surface area contributed by atoms with Crippen LogP contribution in [-0.4, -0.2) is 16.0 Å². The SMILES string of the molecule is NC(=O)[C@H]1CCCc2c1[nH]c1ccc(O)cc21. The highest BCUT2D eigenvalue weighted by Gasteiger charge is 2.27. The average Bonchev–Trinajstić information content (AvgIpc) is 2.66. The number of primary amides is 1. The molecule has 0 bridgehead atoms. The van der Waals surface area contributed by atoms with Crippen molar-refractivity contribution in [1.29, 1.82) is 0 Å². The minimum absolute atomic E-state index is 0.215. The molecule has 1 amide bonds. The van der Waals surface area contributed by atoms with Crippen molar-refractivity contribution in [3.63, 3.8) is 0 Å². The number of fused-ring (bicyclic) bond motifs is 3. The van der Waals surface area contributed by atoms with Crippen molar-refractivity contribution in [2.24, 2.45) is 5.73 Å². The first-order valence-corrected chi connectivity index (χ1v) is 5.79. The Bertz CT molecular complexity index is 601. The number of aromatic hydroxyl groups is 1. The van der Waals surface area contributed by atoms with E-state index in [2.05, 4.69) is 4.98 Å². The van der Waals surface area contributed by atoms with E-state index >= 15 is 0 Å². The van der Waals surface area contributed by atoms with E-state index in [1.54, 1.807) is 12.1 Å². The van der Waals surface area contributed by atoms with Gasteiger partial charge in [-0.15, -0.1) is 0 Å². The fourth-order valence-electron chi connectivity index (χ4n) is 2.74. The quantitative estimate of drug-likeness (QED) is 0.698. The topological polar surface area (TPSA) is 79.1 Å². The molecule has 2 aromatic rings. The van der Waals surface area contributed by atoms with Crippen molar-refractivity contribution in [3.05, 3.63) is 29.5 Å². The van der Waals surface area contributed by atoms with Crippen LogP contribution in [0.1, 0.15) is 30.0 Å². The number of phenolic OH excluding ortho intramolecular Hbond substituents is 1. The highest BCUT2D eigenvalue weighted by molar-refractivity contribution is 5.90. The van der Waals surface area contributed by atoms with E-state index in [4.69, 9.17) is 5.73 Å². The largest absolute Gasteiger partial charge is 0.508 e. The maximum absolute atomic E-state index is 11.4. The Morgan fingerprint density at radius 3 is 3.06 bits per heavy atom.